The van der Waals surface area contributed by atoms with E-state index in [-0.39, 0.29) is 18.9 Å². The number of aromatic nitrogens is 3. The summed E-state index contributed by atoms with van der Waals surface area (Å²) in [4.78, 5) is 14.5. The Morgan fingerprint density at radius 2 is 2.21 bits per heavy atom. The topological polar surface area (TPSA) is 105 Å². The fourth-order valence-electron chi connectivity index (χ4n) is 2.97. The van der Waals surface area contributed by atoms with Gasteiger partial charge in [-0.25, -0.2) is 0 Å². The molecule has 1 aliphatic rings. The van der Waals surface area contributed by atoms with Gasteiger partial charge in [-0.2, -0.15) is 5.10 Å². The second-order valence-corrected chi connectivity index (χ2v) is 6.13. The molecular weight excluding hydrogens is 312 g/mol. The van der Waals surface area contributed by atoms with Crippen LogP contribution in [0.3, 0.4) is 0 Å². The second kappa shape index (κ2) is 6.74. The zero-order valence-electron chi connectivity index (χ0n) is 13.9. The van der Waals surface area contributed by atoms with Crippen LogP contribution in [-0.2, 0) is 24.3 Å². The molecule has 2 aromatic heterocycles. The number of rotatable bonds is 4. The van der Waals surface area contributed by atoms with Crippen LogP contribution in [0.1, 0.15) is 40.9 Å². The number of fused-ring (bicyclic) bond motifs is 1. The lowest BCUT2D eigenvalue weighted by Gasteiger charge is -2.20. The highest BCUT2D eigenvalue weighted by Gasteiger charge is 2.24. The number of aryl methyl sites for hydroxylation is 3. The van der Waals surface area contributed by atoms with E-state index in [1.54, 1.807) is 15.6 Å². The summed E-state index contributed by atoms with van der Waals surface area (Å²) in [6.07, 6.45) is 0.0638. The SMILES string of the molecule is Cc1noc(C)c1CC(=O)N1CCCn2nc([C@@H](O)CO)cc2C1. The summed E-state index contributed by atoms with van der Waals surface area (Å²) in [7, 11) is 0. The largest absolute Gasteiger partial charge is 0.393 e. The fraction of sp³-hybridized carbons (Fsp3) is 0.562. The quantitative estimate of drug-likeness (QED) is 0.843. The minimum atomic E-state index is -0.990. The van der Waals surface area contributed by atoms with Gasteiger partial charge in [0.05, 0.1) is 36.7 Å². The first-order chi connectivity index (χ1) is 11.5. The van der Waals surface area contributed by atoms with Crippen molar-refractivity contribution in [1.82, 2.24) is 19.8 Å². The molecule has 2 N–H and O–H groups in total. The Morgan fingerprint density at radius 1 is 1.42 bits per heavy atom. The lowest BCUT2D eigenvalue weighted by atomic mass is 10.1. The highest BCUT2D eigenvalue weighted by atomic mass is 16.5. The molecule has 0 saturated carbocycles. The molecule has 0 unspecified atom stereocenters. The molecule has 0 spiro atoms. The molecule has 0 bridgehead atoms. The zero-order valence-corrected chi connectivity index (χ0v) is 13.9. The lowest BCUT2D eigenvalue weighted by Crippen LogP contribution is -2.32. The van der Waals surface area contributed by atoms with Crippen molar-refractivity contribution in [3.63, 3.8) is 0 Å². The molecule has 0 fully saturated rings. The van der Waals surface area contributed by atoms with Crippen LogP contribution in [0.2, 0.25) is 0 Å². The highest BCUT2D eigenvalue weighted by molar-refractivity contribution is 5.79. The van der Waals surface area contributed by atoms with Crippen LogP contribution in [0, 0.1) is 13.8 Å². The van der Waals surface area contributed by atoms with E-state index < -0.39 is 6.10 Å². The van der Waals surface area contributed by atoms with Crippen molar-refractivity contribution in [2.45, 2.75) is 45.9 Å². The summed E-state index contributed by atoms with van der Waals surface area (Å²) in [6.45, 7) is 5.05. The summed E-state index contributed by atoms with van der Waals surface area (Å²) in [6, 6.07) is 1.75. The van der Waals surface area contributed by atoms with E-state index in [1.807, 2.05) is 13.8 Å². The maximum Gasteiger partial charge on any atom is 0.227 e. The van der Waals surface area contributed by atoms with Crippen LogP contribution in [-0.4, -0.2) is 49.1 Å². The molecule has 0 saturated heterocycles. The van der Waals surface area contributed by atoms with Crippen molar-refractivity contribution in [3.8, 4) is 0 Å². The summed E-state index contributed by atoms with van der Waals surface area (Å²) in [5, 5.41) is 27.0. The average molecular weight is 334 g/mol. The van der Waals surface area contributed by atoms with E-state index in [0.717, 1.165) is 23.4 Å². The van der Waals surface area contributed by atoms with Gasteiger partial charge in [0.1, 0.15) is 11.9 Å². The third kappa shape index (κ3) is 3.20. The molecule has 8 heteroatoms. The second-order valence-electron chi connectivity index (χ2n) is 6.13. The Balaban J connectivity index is 1.75. The fourth-order valence-corrected chi connectivity index (χ4v) is 2.97. The van der Waals surface area contributed by atoms with E-state index >= 15 is 0 Å². The number of aliphatic hydroxyl groups is 2. The van der Waals surface area contributed by atoms with Crippen LogP contribution in [0.25, 0.3) is 0 Å². The first-order valence-electron chi connectivity index (χ1n) is 8.04. The molecule has 0 aromatic carbocycles. The molecule has 1 amide bonds. The molecular formula is C16H22N4O4. The lowest BCUT2D eigenvalue weighted by molar-refractivity contribution is -0.131. The average Bonchev–Trinajstić information content (AvgIpc) is 3.04. The number of nitrogens with zero attached hydrogens (tertiary/aromatic N) is 4. The third-order valence-electron chi connectivity index (χ3n) is 4.41. The van der Waals surface area contributed by atoms with E-state index in [0.29, 0.717) is 31.1 Å². The van der Waals surface area contributed by atoms with E-state index in [4.69, 9.17) is 9.63 Å². The molecule has 2 aromatic rings. The number of hydrogen-bond donors (Lipinski definition) is 2. The van der Waals surface area contributed by atoms with Gasteiger partial charge in [-0.05, 0) is 26.3 Å². The molecule has 1 atom stereocenters. The van der Waals surface area contributed by atoms with Crippen molar-refractivity contribution in [2.24, 2.45) is 0 Å². The smallest absolute Gasteiger partial charge is 0.227 e. The van der Waals surface area contributed by atoms with Gasteiger partial charge in [0.15, 0.2) is 0 Å². The molecule has 24 heavy (non-hydrogen) atoms. The first kappa shape index (κ1) is 16.7. The predicted octanol–water partition coefficient (Wildman–Crippen LogP) is 0.489. The number of hydrogen-bond acceptors (Lipinski definition) is 6. The summed E-state index contributed by atoms with van der Waals surface area (Å²) >= 11 is 0. The van der Waals surface area contributed by atoms with E-state index in [2.05, 4.69) is 10.3 Å². The first-order valence-corrected chi connectivity index (χ1v) is 8.04. The molecule has 130 valence electrons. The van der Waals surface area contributed by atoms with Gasteiger partial charge in [0, 0.05) is 18.7 Å². The van der Waals surface area contributed by atoms with Crippen molar-refractivity contribution >= 4 is 5.91 Å². The van der Waals surface area contributed by atoms with Crippen molar-refractivity contribution in [3.05, 3.63) is 34.5 Å². The maximum absolute atomic E-state index is 12.7. The zero-order chi connectivity index (χ0) is 17.3. The summed E-state index contributed by atoms with van der Waals surface area (Å²) in [5.74, 6) is 0.692. The Kier molecular flexibility index (Phi) is 4.68. The number of carbonyl (C=O) groups excluding carboxylic acids is 1. The molecule has 3 heterocycles. The van der Waals surface area contributed by atoms with Gasteiger partial charge in [0.2, 0.25) is 5.91 Å². The summed E-state index contributed by atoms with van der Waals surface area (Å²) in [5.41, 5.74) is 2.89. The van der Waals surface area contributed by atoms with Gasteiger partial charge in [-0.3, -0.25) is 9.48 Å². The number of carbonyl (C=O) groups is 1. The highest BCUT2D eigenvalue weighted by Crippen LogP contribution is 2.20. The van der Waals surface area contributed by atoms with Crippen molar-refractivity contribution < 1.29 is 19.5 Å². The van der Waals surface area contributed by atoms with Crippen molar-refractivity contribution in [1.29, 1.82) is 0 Å². The summed E-state index contributed by atoms with van der Waals surface area (Å²) < 4.78 is 6.92. The van der Waals surface area contributed by atoms with Gasteiger partial charge in [-0.15, -0.1) is 0 Å². The minimum absolute atomic E-state index is 0.0170. The van der Waals surface area contributed by atoms with Gasteiger partial charge in [-0.1, -0.05) is 5.16 Å². The van der Waals surface area contributed by atoms with Crippen LogP contribution in [0.5, 0.6) is 0 Å². The Labute approximate surface area is 139 Å². The van der Waals surface area contributed by atoms with Gasteiger partial charge >= 0.3 is 0 Å². The van der Waals surface area contributed by atoms with Crippen LogP contribution < -0.4 is 0 Å². The molecule has 0 aliphatic carbocycles. The minimum Gasteiger partial charge on any atom is -0.393 e. The van der Waals surface area contributed by atoms with E-state index in [1.165, 1.54) is 0 Å². The van der Waals surface area contributed by atoms with Gasteiger partial charge in [0.25, 0.3) is 0 Å². The molecule has 3 rings (SSSR count). The van der Waals surface area contributed by atoms with Crippen LogP contribution >= 0.6 is 0 Å². The number of amides is 1. The Morgan fingerprint density at radius 3 is 2.88 bits per heavy atom. The van der Waals surface area contributed by atoms with Gasteiger partial charge < -0.3 is 19.6 Å². The molecule has 8 nitrogen and oxygen atoms in total. The normalized spacial score (nSPS) is 15.9. The maximum atomic E-state index is 12.7. The van der Waals surface area contributed by atoms with Crippen molar-refractivity contribution in [2.75, 3.05) is 13.2 Å². The standard InChI is InChI=1S/C16H22N4O4/c1-10-13(11(2)24-18-10)7-16(23)19-4-3-5-20-12(8-19)6-14(17-20)15(22)9-21/h6,15,21-22H,3-5,7-9H2,1-2H3/t15-/m0/s1. The van der Waals surface area contributed by atoms with E-state index in [9.17, 15) is 9.90 Å². The molecule has 0 radical (unpaired) electrons. The Bertz CT molecular complexity index is 717. The predicted molar refractivity (Wildman–Crippen MR) is 84.0 cm³/mol. The number of aliphatic hydroxyl groups excluding tert-OH is 2. The van der Waals surface area contributed by atoms with Crippen LogP contribution in [0.4, 0.5) is 0 Å². The molecule has 1 aliphatic heterocycles. The monoisotopic (exact) mass is 334 g/mol. The third-order valence-corrected chi connectivity index (χ3v) is 4.41. The Hall–Kier alpha value is -2.19. The van der Waals surface area contributed by atoms with Crippen LogP contribution in [0.15, 0.2) is 10.6 Å².